The zero-order chi connectivity index (χ0) is 12.8. The largest absolute Gasteiger partial charge is 0.370 e. The van der Waals surface area contributed by atoms with Crippen LogP contribution in [0.3, 0.4) is 0 Å². The van der Waals surface area contributed by atoms with Gasteiger partial charge in [0, 0.05) is 13.2 Å². The molecule has 0 aliphatic rings. The van der Waals surface area contributed by atoms with E-state index in [2.05, 4.69) is 15.4 Å². The van der Waals surface area contributed by atoms with Crippen molar-refractivity contribution in [2.45, 2.75) is 13.1 Å². The van der Waals surface area contributed by atoms with Gasteiger partial charge in [-0.25, -0.2) is 4.99 Å². The molecule has 2 aromatic rings. The van der Waals surface area contributed by atoms with Crippen LogP contribution in [0.5, 0.6) is 0 Å². The lowest BCUT2D eigenvalue weighted by Crippen LogP contribution is -2.31. The minimum atomic E-state index is 0.444. The lowest BCUT2D eigenvalue weighted by molar-refractivity contribution is 0.691. The average Bonchev–Trinajstić information content (AvgIpc) is 2.81. The first kappa shape index (κ1) is 12.2. The van der Waals surface area contributed by atoms with E-state index in [-0.39, 0.29) is 0 Å². The van der Waals surface area contributed by atoms with Crippen molar-refractivity contribution in [3.8, 4) is 0 Å². The van der Waals surface area contributed by atoms with Crippen LogP contribution >= 0.6 is 0 Å². The first-order chi connectivity index (χ1) is 8.75. The third-order valence-corrected chi connectivity index (χ3v) is 2.65. The molecule has 0 unspecified atom stereocenters. The molecule has 94 valence electrons. The Kier molecular flexibility index (Phi) is 3.96. The molecule has 3 N–H and O–H groups in total. The Balaban J connectivity index is 1.85. The van der Waals surface area contributed by atoms with Gasteiger partial charge in [0.25, 0.3) is 0 Å². The molecule has 0 fully saturated rings. The fourth-order valence-electron chi connectivity index (χ4n) is 1.57. The summed E-state index contributed by atoms with van der Waals surface area (Å²) in [6.07, 6.45) is 1.76. The second-order valence-electron chi connectivity index (χ2n) is 3.99. The summed E-state index contributed by atoms with van der Waals surface area (Å²) in [5.41, 5.74) is 8.00. The van der Waals surface area contributed by atoms with E-state index in [0.29, 0.717) is 19.0 Å². The molecule has 1 heterocycles. The Morgan fingerprint density at radius 3 is 2.78 bits per heavy atom. The molecule has 5 heteroatoms. The Bertz CT molecular complexity index is 515. The van der Waals surface area contributed by atoms with Crippen LogP contribution in [-0.4, -0.2) is 15.7 Å². The van der Waals surface area contributed by atoms with Gasteiger partial charge in [0.05, 0.1) is 18.8 Å². The third kappa shape index (κ3) is 3.35. The number of rotatable bonds is 4. The van der Waals surface area contributed by atoms with Crippen molar-refractivity contribution in [2.75, 3.05) is 0 Å². The van der Waals surface area contributed by atoms with Gasteiger partial charge < -0.3 is 11.1 Å². The van der Waals surface area contributed by atoms with Crippen LogP contribution < -0.4 is 11.1 Å². The average molecular weight is 243 g/mol. The van der Waals surface area contributed by atoms with E-state index in [4.69, 9.17) is 5.73 Å². The zero-order valence-electron chi connectivity index (χ0n) is 10.4. The van der Waals surface area contributed by atoms with Gasteiger partial charge in [-0.2, -0.15) is 5.10 Å². The SMILES string of the molecule is Cn1nccc1CNC(N)=NCc1ccccc1. The number of guanidine groups is 1. The zero-order valence-corrected chi connectivity index (χ0v) is 10.4. The highest BCUT2D eigenvalue weighted by atomic mass is 15.3. The Morgan fingerprint density at radius 1 is 1.33 bits per heavy atom. The molecule has 0 spiro atoms. The van der Waals surface area contributed by atoms with Crippen LogP contribution in [0.2, 0.25) is 0 Å². The van der Waals surface area contributed by atoms with Gasteiger partial charge in [-0.05, 0) is 11.6 Å². The number of nitrogens with two attached hydrogens (primary N) is 1. The molecule has 1 aromatic carbocycles. The van der Waals surface area contributed by atoms with Crippen LogP contribution in [0.4, 0.5) is 0 Å². The first-order valence-corrected chi connectivity index (χ1v) is 5.80. The molecule has 0 aliphatic carbocycles. The highest BCUT2D eigenvalue weighted by Gasteiger charge is 1.98. The van der Waals surface area contributed by atoms with Crippen molar-refractivity contribution in [1.82, 2.24) is 15.1 Å². The highest BCUT2D eigenvalue weighted by Crippen LogP contribution is 2.00. The monoisotopic (exact) mass is 243 g/mol. The highest BCUT2D eigenvalue weighted by molar-refractivity contribution is 5.77. The fraction of sp³-hybridized carbons (Fsp3) is 0.231. The Labute approximate surface area is 106 Å². The number of nitrogens with one attached hydrogen (secondary N) is 1. The summed E-state index contributed by atoms with van der Waals surface area (Å²) in [5, 5.41) is 7.15. The van der Waals surface area contributed by atoms with Crippen LogP contribution in [0, 0.1) is 0 Å². The van der Waals surface area contributed by atoms with Crippen molar-refractivity contribution in [2.24, 2.45) is 17.8 Å². The van der Waals surface area contributed by atoms with Crippen molar-refractivity contribution in [3.05, 3.63) is 53.9 Å². The fourth-order valence-corrected chi connectivity index (χ4v) is 1.57. The van der Waals surface area contributed by atoms with E-state index in [0.717, 1.165) is 11.3 Å². The van der Waals surface area contributed by atoms with Gasteiger partial charge in [-0.1, -0.05) is 30.3 Å². The molecule has 0 atom stereocenters. The summed E-state index contributed by atoms with van der Waals surface area (Å²) >= 11 is 0. The smallest absolute Gasteiger partial charge is 0.189 e. The number of hydrogen-bond acceptors (Lipinski definition) is 2. The van der Waals surface area contributed by atoms with Crippen LogP contribution in [-0.2, 0) is 20.1 Å². The van der Waals surface area contributed by atoms with Crippen LogP contribution in [0.15, 0.2) is 47.6 Å². The maximum atomic E-state index is 5.80. The summed E-state index contributed by atoms with van der Waals surface area (Å²) in [6, 6.07) is 12.0. The summed E-state index contributed by atoms with van der Waals surface area (Å²) in [6.45, 7) is 1.21. The van der Waals surface area contributed by atoms with E-state index >= 15 is 0 Å². The van der Waals surface area contributed by atoms with E-state index in [1.165, 1.54) is 0 Å². The van der Waals surface area contributed by atoms with Gasteiger partial charge in [-0.15, -0.1) is 0 Å². The molecular formula is C13H17N5. The second kappa shape index (κ2) is 5.86. The number of benzene rings is 1. The lowest BCUT2D eigenvalue weighted by Gasteiger charge is -2.05. The molecule has 0 radical (unpaired) electrons. The second-order valence-corrected chi connectivity index (χ2v) is 3.99. The van der Waals surface area contributed by atoms with Gasteiger partial charge in [-0.3, -0.25) is 4.68 Å². The quantitative estimate of drug-likeness (QED) is 0.622. The minimum absolute atomic E-state index is 0.444. The molecule has 0 amide bonds. The summed E-state index contributed by atoms with van der Waals surface area (Å²) < 4.78 is 1.80. The summed E-state index contributed by atoms with van der Waals surface area (Å²) in [4.78, 5) is 4.28. The molecule has 5 nitrogen and oxygen atoms in total. The number of hydrogen-bond donors (Lipinski definition) is 2. The lowest BCUT2D eigenvalue weighted by atomic mass is 10.2. The molecule has 18 heavy (non-hydrogen) atoms. The first-order valence-electron chi connectivity index (χ1n) is 5.80. The molecular weight excluding hydrogens is 226 g/mol. The molecule has 0 bridgehead atoms. The van der Waals surface area contributed by atoms with Crippen molar-refractivity contribution >= 4 is 5.96 Å². The Hall–Kier alpha value is -2.30. The van der Waals surface area contributed by atoms with Gasteiger partial charge in [0.1, 0.15) is 0 Å². The van der Waals surface area contributed by atoms with E-state index < -0.39 is 0 Å². The maximum absolute atomic E-state index is 5.80. The number of aryl methyl sites for hydroxylation is 1. The van der Waals surface area contributed by atoms with E-state index in [1.807, 2.05) is 43.4 Å². The third-order valence-electron chi connectivity index (χ3n) is 2.65. The van der Waals surface area contributed by atoms with Crippen molar-refractivity contribution in [1.29, 1.82) is 0 Å². The molecule has 1 aromatic heterocycles. The van der Waals surface area contributed by atoms with Crippen molar-refractivity contribution < 1.29 is 0 Å². The Morgan fingerprint density at radius 2 is 2.11 bits per heavy atom. The normalized spacial score (nSPS) is 11.5. The predicted molar refractivity (Wildman–Crippen MR) is 71.8 cm³/mol. The number of nitrogens with zero attached hydrogens (tertiary/aromatic N) is 3. The molecule has 0 aliphatic heterocycles. The minimum Gasteiger partial charge on any atom is -0.370 e. The summed E-state index contributed by atoms with van der Waals surface area (Å²) in [5.74, 6) is 0.444. The standard InChI is InChI=1S/C13H17N5/c1-18-12(7-8-17-18)10-16-13(14)15-9-11-5-3-2-4-6-11/h2-8H,9-10H2,1H3,(H3,14,15,16). The molecule has 2 rings (SSSR count). The van der Waals surface area contributed by atoms with Gasteiger partial charge >= 0.3 is 0 Å². The van der Waals surface area contributed by atoms with Crippen LogP contribution in [0.25, 0.3) is 0 Å². The van der Waals surface area contributed by atoms with Crippen LogP contribution in [0.1, 0.15) is 11.3 Å². The van der Waals surface area contributed by atoms with Gasteiger partial charge in [0.2, 0.25) is 0 Å². The van der Waals surface area contributed by atoms with E-state index in [9.17, 15) is 0 Å². The molecule has 0 saturated carbocycles. The predicted octanol–water partition coefficient (Wildman–Crippen LogP) is 1.02. The summed E-state index contributed by atoms with van der Waals surface area (Å²) in [7, 11) is 1.90. The number of aromatic nitrogens is 2. The maximum Gasteiger partial charge on any atom is 0.189 e. The topological polar surface area (TPSA) is 68.2 Å². The van der Waals surface area contributed by atoms with Crippen molar-refractivity contribution in [3.63, 3.8) is 0 Å². The van der Waals surface area contributed by atoms with Gasteiger partial charge in [0.15, 0.2) is 5.96 Å². The molecule has 0 saturated heterocycles. The van der Waals surface area contributed by atoms with E-state index in [1.54, 1.807) is 10.9 Å². The number of aliphatic imine (C=N–C) groups is 1.